The smallest absolute Gasteiger partial charge is 0.106 e. The van der Waals surface area contributed by atoms with Crippen LogP contribution < -0.4 is 11.1 Å². The van der Waals surface area contributed by atoms with Gasteiger partial charge in [0.2, 0.25) is 0 Å². The molecule has 2 rings (SSSR count). The Morgan fingerprint density at radius 2 is 1.68 bits per heavy atom. The van der Waals surface area contributed by atoms with E-state index in [0.717, 1.165) is 24.2 Å². The molecule has 0 aliphatic rings. The normalized spacial score (nSPS) is 10.2. The molecule has 3 heteroatoms. The number of aryl methyl sites for hydroxylation is 1. The molecular weight excluding hydrogens is 252 g/mol. The molecule has 2 nitrogen and oxygen atoms in total. The SMILES string of the molecule is CCc1ccc(CNc2ccccc2C(N)=S)cc1. The van der Waals surface area contributed by atoms with E-state index in [9.17, 15) is 0 Å². The van der Waals surface area contributed by atoms with Gasteiger partial charge in [-0.1, -0.05) is 55.5 Å². The van der Waals surface area contributed by atoms with E-state index in [2.05, 4.69) is 36.5 Å². The zero-order valence-corrected chi connectivity index (χ0v) is 11.8. The zero-order valence-electron chi connectivity index (χ0n) is 11.0. The van der Waals surface area contributed by atoms with Gasteiger partial charge in [0, 0.05) is 17.8 Å². The summed E-state index contributed by atoms with van der Waals surface area (Å²) in [5.41, 5.74) is 10.2. The van der Waals surface area contributed by atoms with Crippen molar-refractivity contribution in [3.8, 4) is 0 Å². The van der Waals surface area contributed by atoms with Crippen molar-refractivity contribution in [1.29, 1.82) is 0 Å². The summed E-state index contributed by atoms with van der Waals surface area (Å²) in [5.74, 6) is 0. The maximum atomic E-state index is 5.71. The molecule has 0 fully saturated rings. The van der Waals surface area contributed by atoms with Crippen molar-refractivity contribution in [2.45, 2.75) is 19.9 Å². The summed E-state index contributed by atoms with van der Waals surface area (Å²) in [6, 6.07) is 16.5. The molecule has 0 spiro atoms. The molecule has 2 aromatic carbocycles. The molecule has 0 aliphatic heterocycles. The third-order valence-corrected chi connectivity index (χ3v) is 3.33. The summed E-state index contributed by atoms with van der Waals surface area (Å²) < 4.78 is 0. The van der Waals surface area contributed by atoms with Gasteiger partial charge in [-0.3, -0.25) is 0 Å². The second kappa shape index (κ2) is 6.34. The zero-order chi connectivity index (χ0) is 13.7. The lowest BCUT2D eigenvalue weighted by atomic mass is 10.1. The van der Waals surface area contributed by atoms with Crippen LogP contribution in [0.5, 0.6) is 0 Å². The molecule has 0 aliphatic carbocycles. The molecule has 0 amide bonds. The van der Waals surface area contributed by atoms with E-state index in [4.69, 9.17) is 18.0 Å². The lowest BCUT2D eigenvalue weighted by Gasteiger charge is -2.11. The van der Waals surface area contributed by atoms with Crippen molar-refractivity contribution in [2.75, 3.05) is 5.32 Å². The van der Waals surface area contributed by atoms with Crippen LogP contribution in [0.15, 0.2) is 48.5 Å². The minimum absolute atomic E-state index is 0.421. The van der Waals surface area contributed by atoms with Gasteiger partial charge in [-0.05, 0) is 29.7 Å². The molecule has 0 atom stereocenters. The van der Waals surface area contributed by atoms with Crippen LogP contribution in [0.25, 0.3) is 0 Å². The molecule has 0 unspecified atom stereocenters. The summed E-state index contributed by atoms with van der Waals surface area (Å²) in [6.45, 7) is 2.93. The van der Waals surface area contributed by atoms with Crippen molar-refractivity contribution >= 4 is 22.9 Å². The van der Waals surface area contributed by atoms with Crippen LogP contribution in [0.3, 0.4) is 0 Å². The fraction of sp³-hybridized carbons (Fsp3) is 0.188. The highest BCUT2D eigenvalue weighted by Crippen LogP contribution is 2.16. The molecule has 0 saturated carbocycles. The number of nitrogens with two attached hydrogens (primary N) is 1. The first kappa shape index (κ1) is 13.6. The number of nitrogens with one attached hydrogen (secondary N) is 1. The van der Waals surface area contributed by atoms with Crippen LogP contribution in [0.4, 0.5) is 5.69 Å². The van der Waals surface area contributed by atoms with Gasteiger partial charge in [0.15, 0.2) is 0 Å². The fourth-order valence-corrected chi connectivity index (χ4v) is 2.12. The average Bonchev–Trinajstić information content (AvgIpc) is 2.46. The number of thiocarbonyl (C=S) groups is 1. The quantitative estimate of drug-likeness (QED) is 0.817. The van der Waals surface area contributed by atoms with Crippen molar-refractivity contribution in [1.82, 2.24) is 0 Å². The Balaban J connectivity index is 2.07. The molecule has 2 aromatic rings. The molecule has 0 aromatic heterocycles. The van der Waals surface area contributed by atoms with Crippen LogP contribution in [0.1, 0.15) is 23.6 Å². The van der Waals surface area contributed by atoms with Gasteiger partial charge >= 0.3 is 0 Å². The minimum Gasteiger partial charge on any atom is -0.389 e. The first-order chi connectivity index (χ1) is 9.20. The number of rotatable bonds is 5. The lowest BCUT2D eigenvalue weighted by Crippen LogP contribution is -2.13. The first-order valence-corrected chi connectivity index (χ1v) is 6.82. The number of hydrogen-bond acceptors (Lipinski definition) is 2. The summed E-state index contributed by atoms with van der Waals surface area (Å²) in [4.78, 5) is 0.421. The summed E-state index contributed by atoms with van der Waals surface area (Å²) in [6.07, 6.45) is 1.07. The fourth-order valence-electron chi connectivity index (χ4n) is 1.94. The Hall–Kier alpha value is -1.87. The standard InChI is InChI=1S/C16H18N2S/c1-2-12-7-9-13(10-8-12)11-18-15-6-4-3-5-14(15)16(17)19/h3-10,18H,2,11H2,1H3,(H2,17,19). The van der Waals surface area contributed by atoms with Gasteiger partial charge < -0.3 is 11.1 Å². The number of benzene rings is 2. The van der Waals surface area contributed by atoms with E-state index >= 15 is 0 Å². The minimum atomic E-state index is 0.421. The van der Waals surface area contributed by atoms with Gasteiger partial charge in [0.25, 0.3) is 0 Å². The van der Waals surface area contributed by atoms with Crippen LogP contribution in [0.2, 0.25) is 0 Å². The Morgan fingerprint density at radius 1 is 1.05 bits per heavy atom. The monoisotopic (exact) mass is 270 g/mol. The van der Waals surface area contributed by atoms with Crippen molar-refractivity contribution in [3.63, 3.8) is 0 Å². The van der Waals surface area contributed by atoms with Gasteiger partial charge in [0.1, 0.15) is 4.99 Å². The molecule has 0 bridgehead atoms. The van der Waals surface area contributed by atoms with Gasteiger partial charge in [0.05, 0.1) is 0 Å². The summed E-state index contributed by atoms with van der Waals surface area (Å²) in [5, 5.41) is 3.38. The second-order valence-corrected chi connectivity index (χ2v) is 4.87. The second-order valence-electron chi connectivity index (χ2n) is 4.43. The third-order valence-electron chi connectivity index (χ3n) is 3.11. The van der Waals surface area contributed by atoms with Gasteiger partial charge in [-0.15, -0.1) is 0 Å². The summed E-state index contributed by atoms with van der Waals surface area (Å²) >= 11 is 5.05. The highest BCUT2D eigenvalue weighted by molar-refractivity contribution is 7.80. The highest BCUT2D eigenvalue weighted by atomic mass is 32.1. The van der Waals surface area contributed by atoms with E-state index in [1.54, 1.807) is 0 Å². The van der Waals surface area contributed by atoms with E-state index in [1.807, 2.05) is 24.3 Å². The Kier molecular flexibility index (Phi) is 4.53. The van der Waals surface area contributed by atoms with Gasteiger partial charge in [-0.25, -0.2) is 0 Å². The molecule has 19 heavy (non-hydrogen) atoms. The topological polar surface area (TPSA) is 38.0 Å². The predicted molar refractivity (Wildman–Crippen MR) is 85.5 cm³/mol. The molecule has 98 valence electrons. The van der Waals surface area contributed by atoms with Crippen LogP contribution in [-0.4, -0.2) is 4.99 Å². The Labute approximate surface area is 119 Å². The predicted octanol–water partition coefficient (Wildman–Crippen LogP) is 3.50. The maximum absolute atomic E-state index is 5.71. The van der Waals surface area contributed by atoms with E-state index in [-0.39, 0.29) is 0 Å². The Morgan fingerprint density at radius 3 is 2.32 bits per heavy atom. The highest BCUT2D eigenvalue weighted by Gasteiger charge is 2.03. The molecular formula is C16H18N2S. The van der Waals surface area contributed by atoms with E-state index in [0.29, 0.717) is 4.99 Å². The third kappa shape index (κ3) is 3.55. The molecule has 3 N–H and O–H groups in total. The lowest BCUT2D eigenvalue weighted by molar-refractivity contribution is 1.10. The largest absolute Gasteiger partial charge is 0.389 e. The van der Waals surface area contributed by atoms with Crippen LogP contribution in [-0.2, 0) is 13.0 Å². The molecule has 0 radical (unpaired) electrons. The average molecular weight is 270 g/mol. The number of hydrogen-bond donors (Lipinski definition) is 2. The van der Waals surface area contributed by atoms with Crippen molar-refractivity contribution in [3.05, 3.63) is 65.2 Å². The molecule has 0 saturated heterocycles. The Bertz CT molecular complexity index is 561. The van der Waals surface area contributed by atoms with Crippen molar-refractivity contribution < 1.29 is 0 Å². The number of anilines is 1. The first-order valence-electron chi connectivity index (χ1n) is 6.41. The van der Waals surface area contributed by atoms with E-state index < -0.39 is 0 Å². The maximum Gasteiger partial charge on any atom is 0.106 e. The van der Waals surface area contributed by atoms with Crippen molar-refractivity contribution in [2.24, 2.45) is 5.73 Å². The number of para-hydroxylation sites is 1. The van der Waals surface area contributed by atoms with Crippen LogP contribution in [0, 0.1) is 0 Å². The van der Waals surface area contributed by atoms with E-state index in [1.165, 1.54) is 11.1 Å². The van der Waals surface area contributed by atoms with Crippen LogP contribution >= 0.6 is 12.2 Å². The summed E-state index contributed by atoms with van der Waals surface area (Å²) in [7, 11) is 0. The van der Waals surface area contributed by atoms with Gasteiger partial charge in [-0.2, -0.15) is 0 Å². The molecule has 0 heterocycles.